The fourth-order valence-corrected chi connectivity index (χ4v) is 3.38. The molecule has 0 bridgehead atoms. The molecule has 0 radical (unpaired) electrons. The maximum Gasteiger partial charge on any atom is 0.310 e. The van der Waals surface area contributed by atoms with Crippen molar-refractivity contribution in [3.63, 3.8) is 0 Å². The summed E-state index contributed by atoms with van der Waals surface area (Å²) >= 11 is 0. The van der Waals surface area contributed by atoms with Crippen LogP contribution in [0.25, 0.3) is 0 Å². The fourth-order valence-electron chi connectivity index (χ4n) is 3.38. The summed E-state index contributed by atoms with van der Waals surface area (Å²) in [6.07, 6.45) is 4.43. The van der Waals surface area contributed by atoms with Gasteiger partial charge in [-0.2, -0.15) is 0 Å². The zero-order valence-electron chi connectivity index (χ0n) is 16.5. The van der Waals surface area contributed by atoms with E-state index in [9.17, 15) is 9.59 Å². The van der Waals surface area contributed by atoms with E-state index in [-0.39, 0.29) is 25.0 Å². The standard InChI is InChI=1S/C20H29NO6/c1-13-7-5-6-8-15(13)21-18(22)12-27-19(23)11-14-9-16(24-2)20(26-4)17(10-14)25-3/h9-10,13,15H,5-8,11-12H2,1-4H3,(H,21,22)/t13-,15+/m0/s1. The van der Waals surface area contributed by atoms with Gasteiger partial charge in [0.25, 0.3) is 5.91 Å². The molecule has 7 heteroatoms. The van der Waals surface area contributed by atoms with E-state index in [2.05, 4.69) is 12.2 Å². The van der Waals surface area contributed by atoms with Crippen molar-refractivity contribution >= 4 is 11.9 Å². The van der Waals surface area contributed by atoms with E-state index in [0.717, 1.165) is 19.3 Å². The molecule has 1 saturated carbocycles. The number of carbonyl (C=O) groups is 2. The summed E-state index contributed by atoms with van der Waals surface area (Å²) in [5.41, 5.74) is 0.649. The third kappa shape index (κ3) is 5.77. The lowest BCUT2D eigenvalue weighted by molar-refractivity contribution is -0.148. The quantitative estimate of drug-likeness (QED) is 0.699. The van der Waals surface area contributed by atoms with Crippen LogP contribution in [0.2, 0.25) is 0 Å². The summed E-state index contributed by atoms with van der Waals surface area (Å²) in [4.78, 5) is 24.2. The molecular weight excluding hydrogens is 350 g/mol. The van der Waals surface area contributed by atoms with E-state index in [1.54, 1.807) is 12.1 Å². The van der Waals surface area contributed by atoms with Crippen LogP contribution in [-0.2, 0) is 20.7 Å². The first-order chi connectivity index (χ1) is 13.0. The number of nitrogens with one attached hydrogen (secondary N) is 1. The Kier molecular flexibility index (Phi) is 7.76. The Hall–Kier alpha value is -2.44. The Bertz CT molecular complexity index is 635. The van der Waals surface area contributed by atoms with Gasteiger partial charge in [0, 0.05) is 6.04 Å². The van der Waals surface area contributed by atoms with Gasteiger partial charge in [0.2, 0.25) is 5.75 Å². The largest absolute Gasteiger partial charge is 0.493 e. The Labute approximate surface area is 160 Å². The molecule has 27 heavy (non-hydrogen) atoms. The summed E-state index contributed by atoms with van der Waals surface area (Å²) in [7, 11) is 4.53. The van der Waals surface area contributed by atoms with Crippen LogP contribution >= 0.6 is 0 Å². The van der Waals surface area contributed by atoms with Crippen molar-refractivity contribution in [3.8, 4) is 17.2 Å². The molecule has 150 valence electrons. The van der Waals surface area contributed by atoms with Crippen LogP contribution in [0, 0.1) is 5.92 Å². The minimum Gasteiger partial charge on any atom is -0.493 e. The highest BCUT2D eigenvalue weighted by atomic mass is 16.5. The Morgan fingerprint density at radius 3 is 2.22 bits per heavy atom. The highest BCUT2D eigenvalue weighted by Crippen LogP contribution is 2.38. The van der Waals surface area contributed by atoms with Crippen LogP contribution in [0.3, 0.4) is 0 Å². The second kappa shape index (κ2) is 10.0. The van der Waals surface area contributed by atoms with Crippen LogP contribution < -0.4 is 19.5 Å². The lowest BCUT2D eigenvalue weighted by atomic mass is 9.86. The number of hydrogen-bond acceptors (Lipinski definition) is 6. The molecule has 1 fully saturated rings. The Morgan fingerprint density at radius 2 is 1.67 bits per heavy atom. The van der Waals surface area contributed by atoms with Gasteiger partial charge in [0.1, 0.15) is 0 Å². The number of rotatable bonds is 8. The number of methoxy groups -OCH3 is 3. The lowest BCUT2D eigenvalue weighted by Gasteiger charge is -2.29. The van der Waals surface area contributed by atoms with Gasteiger partial charge in [-0.05, 0) is 36.5 Å². The molecule has 0 aromatic heterocycles. The van der Waals surface area contributed by atoms with Crippen molar-refractivity contribution in [1.29, 1.82) is 0 Å². The molecular formula is C20H29NO6. The second-order valence-electron chi connectivity index (χ2n) is 6.81. The van der Waals surface area contributed by atoms with Crippen molar-refractivity contribution in [1.82, 2.24) is 5.32 Å². The Morgan fingerprint density at radius 1 is 1.04 bits per heavy atom. The zero-order valence-corrected chi connectivity index (χ0v) is 16.5. The van der Waals surface area contributed by atoms with Gasteiger partial charge in [-0.1, -0.05) is 19.8 Å². The number of benzene rings is 1. The molecule has 0 heterocycles. The zero-order chi connectivity index (χ0) is 19.8. The topological polar surface area (TPSA) is 83.1 Å². The molecule has 1 aliphatic rings. The number of ether oxygens (including phenoxy) is 4. The van der Waals surface area contributed by atoms with Crippen molar-refractivity contribution < 1.29 is 28.5 Å². The molecule has 0 aliphatic heterocycles. The summed E-state index contributed by atoms with van der Waals surface area (Å²) < 4.78 is 20.9. The summed E-state index contributed by atoms with van der Waals surface area (Å²) in [5.74, 6) is 1.09. The SMILES string of the molecule is COc1cc(CC(=O)OCC(=O)N[C@@H]2CCCC[C@@H]2C)cc(OC)c1OC. The number of carbonyl (C=O) groups excluding carboxylic acids is 2. The molecule has 0 unspecified atom stereocenters. The molecule has 2 atom stereocenters. The first kappa shape index (κ1) is 20.9. The van der Waals surface area contributed by atoms with E-state index in [1.165, 1.54) is 27.8 Å². The van der Waals surface area contributed by atoms with Gasteiger partial charge in [-0.15, -0.1) is 0 Å². The maximum atomic E-state index is 12.1. The second-order valence-corrected chi connectivity index (χ2v) is 6.81. The van der Waals surface area contributed by atoms with Gasteiger partial charge in [0.05, 0.1) is 27.8 Å². The molecule has 2 rings (SSSR count). The number of esters is 1. The first-order valence-corrected chi connectivity index (χ1v) is 9.22. The minimum absolute atomic E-state index is 0.00380. The predicted octanol–water partition coefficient (Wildman–Crippen LogP) is 2.49. The summed E-state index contributed by atoms with van der Waals surface area (Å²) in [6.45, 7) is 1.87. The van der Waals surface area contributed by atoms with Gasteiger partial charge in [-0.3, -0.25) is 9.59 Å². The molecule has 0 spiro atoms. The van der Waals surface area contributed by atoms with E-state index in [1.807, 2.05) is 0 Å². The van der Waals surface area contributed by atoms with Crippen molar-refractivity contribution in [2.24, 2.45) is 5.92 Å². The van der Waals surface area contributed by atoms with Crippen LogP contribution in [0.1, 0.15) is 38.2 Å². The smallest absolute Gasteiger partial charge is 0.310 e. The summed E-state index contributed by atoms with van der Waals surface area (Å²) in [6, 6.07) is 3.54. The summed E-state index contributed by atoms with van der Waals surface area (Å²) in [5, 5.41) is 2.97. The van der Waals surface area contributed by atoms with E-state index < -0.39 is 5.97 Å². The number of hydrogen-bond donors (Lipinski definition) is 1. The fraction of sp³-hybridized carbons (Fsp3) is 0.600. The van der Waals surface area contributed by atoms with E-state index >= 15 is 0 Å². The van der Waals surface area contributed by atoms with Gasteiger partial charge in [-0.25, -0.2) is 0 Å². The van der Waals surface area contributed by atoms with Gasteiger partial charge in [0.15, 0.2) is 18.1 Å². The van der Waals surface area contributed by atoms with Crippen LogP contribution in [-0.4, -0.2) is 45.9 Å². The normalized spacial score (nSPS) is 19.1. The monoisotopic (exact) mass is 379 g/mol. The van der Waals surface area contributed by atoms with E-state index in [0.29, 0.717) is 28.7 Å². The maximum absolute atomic E-state index is 12.1. The van der Waals surface area contributed by atoms with Gasteiger partial charge >= 0.3 is 5.97 Å². The molecule has 1 aromatic rings. The molecule has 0 saturated heterocycles. The Balaban J connectivity index is 1.89. The van der Waals surface area contributed by atoms with Gasteiger partial charge < -0.3 is 24.3 Å². The van der Waals surface area contributed by atoms with Crippen LogP contribution in [0.4, 0.5) is 0 Å². The van der Waals surface area contributed by atoms with Crippen molar-refractivity contribution in [2.75, 3.05) is 27.9 Å². The van der Waals surface area contributed by atoms with Crippen molar-refractivity contribution in [3.05, 3.63) is 17.7 Å². The highest BCUT2D eigenvalue weighted by Gasteiger charge is 2.23. The van der Waals surface area contributed by atoms with E-state index in [4.69, 9.17) is 18.9 Å². The molecule has 1 N–H and O–H groups in total. The highest BCUT2D eigenvalue weighted by molar-refractivity contribution is 5.81. The van der Waals surface area contributed by atoms with Crippen LogP contribution in [0.5, 0.6) is 17.2 Å². The predicted molar refractivity (Wildman–Crippen MR) is 100 cm³/mol. The molecule has 1 aliphatic carbocycles. The molecule has 7 nitrogen and oxygen atoms in total. The first-order valence-electron chi connectivity index (χ1n) is 9.22. The average Bonchev–Trinajstić information content (AvgIpc) is 2.67. The third-order valence-corrected chi connectivity index (χ3v) is 4.90. The molecule has 1 amide bonds. The molecule has 1 aromatic carbocycles. The lowest BCUT2D eigenvalue weighted by Crippen LogP contribution is -2.42. The third-order valence-electron chi connectivity index (χ3n) is 4.90. The van der Waals surface area contributed by atoms with Crippen LogP contribution in [0.15, 0.2) is 12.1 Å². The minimum atomic E-state index is -0.490. The average molecular weight is 379 g/mol. The van der Waals surface area contributed by atoms with Crippen molar-refractivity contribution in [2.45, 2.75) is 45.1 Å². The number of amides is 1.